The number of aryl methyl sites for hydroxylation is 1. The van der Waals surface area contributed by atoms with Crippen LogP contribution in [-0.2, 0) is 0 Å². The van der Waals surface area contributed by atoms with Crippen LogP contribution < -0.4 is 10.4 Å². The van der Waals surface area contributed by atoms with E-state index >= 15 is 0 Å². The number of rotatable bonds is 2. The highest BCUT2D eigenvalue weighted by atomic mass is 35.5. The first kappa shape index (κ1) is 14.8. The van der Waals surface area contributed by atoms with Crippen molar-refractivity contribution in [2.45, 2.75) is 6.92 Å². The number of hydrogen-bond acceptors (Lipinski definition) is 4. The highest BCUT2D eigenvalue weighted by Crippen LogP contribution is 2.36. The van der Waals surface area contributed by atoms with Crippen molar-refractivity contribution in [3.05, 3.63) is 63.5 Å². The summed E-state index contributed by atoms with van der Waals surface area (Å²) < 4.78 is 16.6. The van der Waals surface area contributed by atoms with E-state index in [1.807, 2.05) is 31.2 Å². The van der Waals surface area contributed by atoms with Gasteiger partial charge in [0.1, 0.15) is 11.3 Å². The molecule has 24 heavy (non-hydrogen) atoms. The number of ether oxygens (including phenoxy) is 1. The van der Waals surface area contributed by atoms with Gasteiger partial charge in [-0.3, -0.25) is 0 Å². The molecule has 4 nitrogen and oxygen atoms in total. The molecule has 0 aliphatic rings. The average Bonchev–Trinajstić information content (AvgIpc) is 2.99. The number of methoxy groups -OCH3 is 1. The molecule has 2 aromatic carbocycles. The van der Waals surface area contributed by atoms with Crippen molar-refractivity contribution in [1.29, 1.82) is 0 Å². The summed E-state index contributed by atoms with van der Waals surface area (Å²) in [4.78, 5) is 11.9. The fraction of sp³-hybridized carbons (Fsp3) is 0.105. The second-order valence-corrected chi connectivity index (χ2v) is 5.97. The molecule has 5 heteroatoms. The minimum atomic E-state index is -0.438. The van der Waals surface area contributed by atoms with Crippen molar-refractivity contribution in [2.24, 2.45) is 0 Å². The van der Waals surface area contributed by atoms with Gasteiger partial charge in [-0.2, -0.15) is 0 Å². The average molecular weight is 341 g/mol. The van der Waals surface area contributed by atoms with Gasteiger partial charge in [0.2, 0.25) is 0 Å². The number of para-hydroxylation sites is 1. The Morgan fingerprint density at radius 2 is 1.92 bits per heavy atom. The summed E-state index contributed by atoms with van der Waals surface area (Å²) in [5.74, 6) is 1.20. The number of hydrogen-bond donors (Lipinski definition) is 0. The molecule has 0 radical (unpaired) electrons. The minimum absolute atomic E-state index is 0.438. The zero-order valence-corrected chi connectivity index (χ0v) is 13.8. The number of fused-ring (bicyclic) bond motifs is 2. The fourth-order valence-electron chi connectivity index (χ4n) is 2.82. The maximum atomic E-state index is 11.9. The van der Waals surface area contributed by atoms with Crippen LogP contribution in [0.5, 0.6) is 5.75 Å². The van der Waals surface area contributed by atoms with Gasteiger partial charge in [-0.1, -0.05) is 23.7 Å². The van der Waals surface area contributed by atoms with E-state index in [1.165, 1.54) is 6.07 Å². The molecule has 0 fully saturated rings. The van der Waals surface area contributed by atoms with Gasteiger partial charge in [-0.25, -0.2) is 4.79 Å². The monoisotopic (exact) mass is 340 g/mol. The minimum Gasteiger partial charge on any atom is -0.493 e. The van der Waals surface area contributed by atoms with Gasteiger partial charge in [0.15, 0.2) is 11.3 Å². The maximum absolute atomic E-state index is 11.9. The van der Waals surface area contributed by atoms with Crippen LogP contribution in [0.15, 0.2) is 56.1 Å². The zero-order chi connectivity index (χ0) is 16.8. The van der Waals surface area contributed by atoms with E-state index in [9.17, 15) is 4.79 Å². The van der Waals surface area contributed by atoms with Crippen LogP contribution in [0.2, 0.25) is 5.02 Å². The quantitative estimate of drug-likeness (QED) is 0.472. The van der Waals surface area contributed by atoms with E-state index in [4.69, 9.17) is 25.2 Å². The first-order valence-electron chi connectivity index (χ1n) is 7.38. The third-order valence-corrected chi connectivity index (χ3v) is 4.42. The largest absolute Gasteiger partial charge is 0.493 e. The van der Waals surface area contributed by atoms with Crippen molar-refractivity contribution in [3.63, 3.8) is 0 Å². The summed E-state index contributed by atoms with van der Waals surface area (Å²) in [7, 11) is 1.59. The molecule has 0 aliphatic carbocycles. The lowest BCUT2D eigenvalue weighted by atomic mass is 10.1. The molecule has 0 saturated heterocycles. The topological polar surface area (TPSA) is 52.6 Å². The van der Waals surface area contributed by atoms with E-state index < -0.39 is 5.63 Å². The summed E-state index contributed by atoms with van der Waals surface area (Å²) in [5.41, 5.74) is 2.16. The van der Waals surface area contributed by atoms with E-state index in [2.05, 4.69) is 0 Å². The normalized spacial score (nSPS) is 11.3. The molecule has 4 rings (SSSR count). The molecule has 0 bridgehead atoms. The molecule has 2 heterocycles. The highest BCUT2D eigenvalue weighted by Gasteiger charge is 2.15. The molecular weight excluding hydrogens is 328 g/mol. The fourth-order valence-corrected chi connectivity index (χ4v) is 2.98. The number of halogens is 1. The Hall–Kier alpha value is -2.72. The zero-order valence-electron chi connectivity index (χ0n) is 13.1. The van der Waals surface area contributed by atoms with Crippen molar-refractivity contribution >= 4 is 33.5 Å². The molecule has 120 valence electrons. The van der Waals surface area contributed by atoms with Crippen LogP contribution in [0.4, 0.5) is 0 Å². The second-order valence-electron chi connectivity index (χ2n) is 5.57. The summed E-state index contributed by atoms with van der Waals surface area (Å²) in [6.07, 6.45) is 0. The number of benzene rings is 2. The maximum Gasteiger partial charge on any atom is 0.336 e. The van der Waals surface area contributed by atoms with Gasteiger partial charge in [-0.15, -0.1) is 0 Å². The molecule has 2 aromatic heterocycles. The molecular formula is C19H13ClO4. The van der Waals surface area contributed by atoms with Gasteiger partial charge in [0.05, 0.1) is 7.11 Å². The Kier molecular flexibility index (Phi) is 3.36. The summed E-state index contributed by atoms with van der Waals surface area (Å²) in [5, 5.41) is 2.22. The van der Waals surface area contributed by atoms with Crippen molar-refractivity contribution in [3.8, 4) is 17.1 Å². The summed E-state index contributed by atoms with van der Waals surface area (Å²) >= 11 is 6.24. The Morgan fingerprint density at radius 3 is 2.71 bits per heavy atom. The SMILES string of the molecule is COc1cccc2cc(-c3cc(=O)oc4cc(C)c(Cl)cc34)oc12. The molecule has 4 aromatic rings. The Morgan fingerprint density at radius 1 is 1.08 bits per heavy atom. The van der Waals surface area contributed by atoms with Gasteiger partial charge in [0.25, 0.3) is 0 Å². The third kappa shape index (κ3) is 2.27. The summed E-state index contributed by atoms with van der Waals surface area (Å²) in [6.45, 7) is 1.86. The predicted octanol–water partition coefficient (Wildman–Crippen LogP) is 5.18. The summed E-state index contributed by atoms with van der Waals surface area (Å²) in [6, 6.07) is 12.5. The Balaban J connectivity index is 2.06. The molecule has 0 unspecified atom stereocenters. The first-order chi connectivity index (χ1) is 11.6. The Labute approximate surface area is 142 Å². The van der Waals surface area contributed by atoms with Crippen molar-refractivity contribution in [2.75, 3.05) is 7.11 Å². The smallest absolute Gasteiger partial charge is 0.336 e. The second kappa shape index (κ2) is 5.42. The molecule has 0 saturated carbocycles. The molecule has 0 aliphatic heterocycles. The van der Waals surface area contributed by atoms with E-state index in [-0.39, 0.29) is 0 Å². The molecule has 0 N–H and O–H groups in total. The van der Waals surface area contributed by atoms with Crippen LogP contribution in [0.3, 0.4) is 0 Å². The lowest BCUT2D eigenvalue weighted by Gasteiger charge is -2.05. The van der Waals surface area contributed by atoms with Crippen LogP contribution in [0.1, 0.15) is 5.56 Å². The van der Waals surface area contributed by atoms with Crippen LogP contribution >= 0.6 is 11.6 Å². The van der Waals surface area contributed by atoms with Gasteiger partial charge >= 0.3 is 5.63 Å². The predicted molar refractivity (Wildman–Crippen MR) is 94.0 cm³/mol. The first-order valence-corrected chi connectivity index (χ1v) is 7.75. The number of furan rings is 1. The lowest BCUT2D eigenvalue weighted by Crippen LogP contribution is -1.98. The van der Waals surface area contributed by atoms with Crippen molar-refractivity contribution < 1.29 is 13.6 Å². The van der Waals surface area contributed by atoms with Crippen molar-refractivity contribution in [1.82, 2.24) is 0 Å². The van der Waals surface area contributed by atoms with Gasteiger partial charge in [0, 0.05) is 27.4 Å². The lowest BCUT2D eigenvalue weighted by molar-refractivity contribution is 0.411. The van der Waals surface area contributed by atoms with Gasteiger partial charge in [-0.05, 0) is 36.8 Å². The van der Waals surface area contributed by atoms with Gasteiger partial charge < -0.3 is 13.6 Å². The molecule has 0 spiro atoms. The van der Waals surface area contributed by atoms with Crippen LogP contribution in [0.25, 0.3) is 33.3 Å². The molecule has 0 atom stereocenters. The highest BCUT2D eigenvalue weighted by molar-refractivity contribution is 6.32. The van der Waals surface area contributed by atoms with E-state index in [1.54, 1.807) is 19.2 Å². The standard InChI is InChI=1S/C19H13ClO4/c1-10-6-16-12(8-14(10)20)13(9-18(21)23-16)17-7-11-4-3-5-15(22-2)19(11)24-17/h3-9H,1-2H3. The van der Waals surface area contributed by atoms with Crippen LogP contribution in [-0.4, -0.2) is 7.11 Å². The third-order valence-electron chi connectivity index (χ3n) is 4.02. The van der Waals surface area contributed by atoms with E-state index in [0.717, 1.165) is 16.3 Å². The Bertz CT molecular complexity index is 1140. The molecule has 0 amide bonds. The van der Waals surface area contributed by atoms with Crippen LogP contribution in [0, 0.1) is 6.92 Å². The van der Waals surface area contributed by atoms with E-state index in [0.29, 0.717) is 33.3 Å².